The highest BCUT2D eigenvalue weighted by Gasteiger charge is 2.27. The zero-order chi connectivity index (χ0) is 16.7. The summed E-state index contributed by atoms with van der Waals surface area (Å²) in [5, 5.41) is 17.5. The predicted octanol–water partition coefficient (Wildman–Crippen LogP) is 2.39. The summed E-state index contributed by atoms with van der Waals surface area (Å²) in [7, 11) is 1.75. The van der Waals surface area contributed by atoms with E-state index in [1.165, 1.54) is 0 Å². The zero-order valence-corrected chi connectivity index (χ0v) is 13.0. The lowest BCUT2D eigenvalue weighted by atomic mass is 10.1. The van der Waals surface area contributed by atoms with Gasteiger partial charge in [-0.3, -0.25) is 9.36 Å². The van der Waals surface area contributed by atoms with Gasteiger partial charge in [-0.25, -0.2) is 0 Å². The smallest absolute Gasteiger partial charge is 0.256 e. The van der Waals surface area contributed by atoms with E-state index in [0.717, 1.165) is 11.3 Å². The maximum absolute atomic E-state index is 12.6. The number of carbonyl (C=O) groups excluding carboxylic acids is 1. The van der Waals surface area contributed by atoms with Crippen LogP contribution in [0, 0.1) is 11.3 Å². The highest BCUT2D eigenvalue weighted by atomic mass is 16.2. The fraction of sp³-hybridized carbons (Fsp3) is 0.111. The molecule has 24 heavy (non-hydrogen) atoms. The van der Waals surface area contributed by atoms with Crippen LogP contribution in [0.25, 0.3) is 17.1 Å². The molecule has 0 atom stereocenters. The first-order valence-corrected chi connectivity index (χ1v) is 7.49. The van der Waals surface area contributed by atoms with Crippen molar-refractivity contribution in [1.29, 1.82) is 5.26 Å². The zero-order valence-electron chi connectivity index (χ0n) is 13.0. The van der Waals surface area contributed by atoms with Crippen molar-refractivity contribution < 1.29 is 4.79 Å². The number of rotatable bonds is 1. The van der Waals surface area contributed by atoms with Crippen molar-refractivity contribution in [2.45, 2.75) is 6.54 Å². The Morgan fingerprint density at radius 3 is 2.58 bits per heavy atom. The number of aromatic nitrogens is 3. The number of nitrogens with zero attached hydrogens (tertiary/aromatic N) is 5. The van der Waals surface area contributed by atoms with Gasteiger partial charge in [0, 0.05) is 12.6 Å². The molecule has 1 aliphatic heterocycles. The van der Waals surface area contributed by atoms with Gasteiger partial charge < -0.3 is 4.90 Å². The van der Waals surface area contributed by atoms with Crippen LogP contribution < -0.4 is 0 Å². The summed E-state index contributed by atoms with van der Waals surface area (Å²) >= 11 is 0. The van der Waals surface area contributed by atoms with E-state index in [4.69, 9.17) is 5.26 Å². The minimum Gasteiger partial charge on any atom is -0.334 e. The summed E-state index contributed by atoms with van der Waals surface area (Å²) in [4.78, 5) is 14.2. The summed E-state index contributed by atoms with van der Waals surface area (Å²) < 4.78 is 1.91. The number of hydrogen-bond acceptors (Lipinski definition) is 4. The molecular weight excluding hydrogens is 302 g/mol. The SMILES string of the molecule is CN1Cc2nnc(-c3ccc(C#N)cc3)n2-c2ccccc2C1=O. The predicted molar refractivity (Wildman–Crippen MR) is 87.3 cm³/mol. The molecule has 1 aliphatic rings. The summed E-state index contributed by atoms with van der Waals surface area (Å²) in [6.07, 6.45) is 0. The Labute approximate surface area is 138 Å². The fourth-order valence-electron chi connectivity index (χ4n) is 2.89. The highest BCUT2D eigenvalue weighted by Crippen LogP contribution is 2.28. The minimum absolute atomic E-state index is 0.0399. The molecule has 0 aliphatic carbocycles. The van der Waals surface area contributed by atoms with E-state index in [-0.39, 0.29) is 5.91 Å². The largest absolute Gasteiger partial charge is 0.334 e. The molecule has 116 valence electrons. The minimum atomic E-state index is -0.0399. The highest BCUT2D eigenvalue weighted by molar-refractivity contribution is 5.98. The van der Waals surface area contributed by atoms with Crippen molar-refractivity contribution in [2.75, 3.05) is 7.05 Å². The van der Waals surface area contributed by atoms with Gasteiger partial charge in [0.05, 0.1) is 29.4 Å². The monoisotopic (exact) mass is 315 g/mol. The van der Waals surface area contributed by atoms with E-state index in [0.29, 0.717) is 29.3 Å². The third-order valence-corrected chi connectivity index (χ3v) is 4.10. The topological polar surface area (TPSA) is 74.8 Å². The van der Waals surface area contributed by atoms with Crippen LogP contribution in [-0.2, 0) is 6.54 Å². The molecule has 0 saturated heterocycles. The van der Waals surface area contributed by atoms with E-state index in [9.17, 15) is 4.79 Å². The van der Waals surface area contributed by atoms with E-state index in [1.807, 2.05) is 41.0 Å². The van der Waals surface area contributed by atoms with Gasteiger partial charge in [-0.15, -0.1) is 10.2 Å². The molecule has 0 unspecified atom stereocenters. The van der Waals surface area contributed by atoms with Gasteiger partial charge in [0.15, 0.2) is 11.6 Å². The third kappa shape index (κ3) is 2.07. The van der Waals surface area contributed by atoms with Crippen molar-refractivity contribution in [3.63, 3.8) is 0 Å². The van der Waals surface area contributed by atoms with Crippen LogP contribution in [0.1, 0.15) is 21.7 Å². The Morgan fingerprint density at radius 2 is 1.83 bits per heavy atom. The standard InChI is InChI=1S/C18H13N5O/c1-22-11-16-20-21-17(13-8-6-12(10-19)7-9-13)23(16)15-5-3-2-4-14(15)18(22)24/h2-9H,11H2,1H3. The van der Waals surface area contributed by atoms with E-state index in [2.05, 4.69) is 16.3 Å². The van der Waals surface area contributed by atoms with Crippen molar-refractivity contribution in [2.24, 2.45) is 0 Å². The van der Waals surface area contributed by atoms with Crippen molar-refractivity contribution >= 4 is 5.91 Å². The van der Waals surface area contributed by atoms with Crippen LogP contribution >= 0.6 is 0 Å². The molecular formula is C18H13N5O. The van der Waals surface area contributed by atoms with Crippen LogP contribution in [0.15, 0.2) is 48.5 Å². The van der Waals surface area contributed by atoms with E-state index >= 15 is 0 Å². The summed E-state index contributed by atoms with van der Waals surface area (Å²) in [6.45, 7) is 0.386. The molecule has 0 spiro atoms. The Morgan fingerprint density at radius 1 is 1.08 bits per heavy atom. The number of nitriles is 1. The molecule has 0 radical (unpaired) electrons. The molecule has 6 nitrogen and oxygen atoms in total. The molecule has 0 fully saturated rings. The molecule has 2 heterocycles. The summed E-state index contributed by atoms with van der Waals surface area (Å²) in [5.41, 5.74) is 2.82. The lowest BCUT2D eigenvalue weighted by molar-refractivity contribution is 0.0786. The summed E-state index contributed by atoms with van der Waals surface area (Å²) in [5.74, 6) is 1.32. The first kappa shape index (κ1) is 14.2. The van der Waals surface area contributed by atoms with E-state index < -0.39 is 0 Å². The second kappa shape index (κ2) is 5.32. The van der Waals surface area contributed by atoms with Gasteiger partial charge >= 0.3 is 0 Å². The van der Waals surface area contributed by atoms with Crippen LogP contribution in [0.3, 0.4) is 0 Å². The average Bonchev–Trinajstić information content (AvgIpc) is 3.00. The molecule has 0 N–H and O–H groups in total. The Hall–Kier alpha value is -3.46. The molecule has 1 aromatic heterocycles. The molecule has 3 aromatic rings. The molecule has 0 bridgehead atoms. The molecule has 0 saturated carbocycles. The lowest BCUT2D eigenvalue weighted by Gasteiger charge is -2.12. The third-order valence-electron chi connectivity index (χ3n) is 4.10. The second-order valence-corrected chi connectivity index (χ2v) is 5.64. The molecule has 1 amide bonds. The fourth-order valence-corrected chi connectivity index (χ4v) is 2.89. The molecule has 2 aromatic carbocycles. The van der Waals surface area contributed by atoms with Crippen LogP contribution in [0.4, 0.5) is 0 Å². The maximum Gasteiger partial charge on any atom is 0.256 e. The van der Waals surface area contributed by atoms with Gasteiger partial charge in [-0.05, 0) is 36.4 Å². The van der Waals surface area contributed by atoms with Gasteiger partial charge in [-0.2, -0.15) is 5.26 Å². The number of amides is 1. The second-order valence-electron chi connectivity index (χ2n) is 5.64. The van der Waals surface area contributed by atoms with Crippen molar-refractivity contribution in [3.8, 4) is 23.1 Å². The van der Waals surface area contributed by atoms with E-state index in [1.54, 1.807) is 24.1 Å². The Kier molecular flexibility index (Phi) is 3.14. The molecule has 6 heteroatoms. The first-order chi connectivity index (χ1) is 11.7. The maximum atomic E-state index is 12.6. The van der Waals surface area contributed by atoms with Crippen LogP contribution in [-0.4, -0.2) is 32.6 Å². The quantitative estimate of drug-likeness (QED) is 0.691. The van der Waals surface area contributed by atoms with Crippen molar-refractivity contribution in [3.05, 3.63) is 65.5 Å². The number of benzene rings is 2. The van der Waals surface area contributed by atoms with Crippen molar-refractivity contribution in [1.82, 2.24) is 19.7 Å². The van der Waals surface area contributed by atoms with Gasteiger partial charge in [0.25, 0.3) is 5.91 Å². The first-order valence-electron chi connectivity index (χ1n) is 7.49. The molecule has 4 rings (SSSR count). The number of para-hydroxylation sites is 1. The Balaban J connectivity index is 1.95. The van der Waals surface area contributed by atoms with Gasteiger partial charge in [-0.1, -0.05) is 12.1 Å². The number of fused-ring (bicyclic) bond motifs is 3. The van der Waals surface area contributed by atoms with Gasteiger partial charge in [0.1, 0.15) is 0 Å². The van der Waals surface area contributed by atoms with Crippen LogP contribution in [0.2, 0.25) is 0 Å². The number of carbonyl (C=O) groups is 1. The lowest BCUT2D eigenvalue weighted by Crippen LogP contribution is -2.25. The normalized spacial score (nSPS) is 13.0. The average molecular weight is 315 g/mol. The van der Waals surface area contributed by atoms with Gasteiger partial charge in [0.2, 0.25) is 0 Å². The van der Waals surface area contributed by atoms with Crippen LogP contribution in [0.5, 0.6) is 0 Å². The Bertz CT molecular complexity index is 981. The number of hydrogen-bond donors (Lipinski definition) is 0. The summed E-state index contributed by atoms with van der Waals surface area (Å²) in [6, 6.07) is 16.7.